The lowest BCUT2D eigenvalue weighted by molar-refractivity contribution is 0.100. The van der Waals surface area contributed by atoms with E-state index in [4.69, 9.17) is 5.73 Å². The normalized spacial score (nSPS) is 14.7. The summed E-state index contributed by atoms with van der Waals surface area (Å²) >= 11 is 0. The summed E-state index contributed by atoms with van der Waals surface area (Å²) in [4.78, 5) is 34.9. The maximum absolute atomic E-state index is 13.4. The fourth-order valence-electron chi connectivity index (χ4n) is 3.28. The van der Waals surface area contributed by atoms with Gasteiger partial charge in [0.2, 0.25) is 0 Å². The van der Waals surface area contributed by atoms with Crippen LogP contribution in [0.25, 0.3) is 0 Å². The molecule has 2 amide bonds. The zero-order valence-electron chi connectivity index (χ0n) is 16.6. The molecule has 1 saturated heterocycles. The standard InChI is InChI=1S/C21H26FN5O2/c1-2-25-9-11-26(12-10-25)21(29)27(19-7-4-17(22)5-8-19)15-18-6-3-16(14-24-18)20(28)13-23/h3-8,14H,2,9-13,15,23H2,1H3. The van der Waals surface area contributed by atoms with Crippen molar-refractivity contribution in [3.05, 3.63) is 59.7 Å². The van der Waals surface area contributed by atoms with Crippen molar-refractivity contribution in [1.29, 1.82) is 0 Å². The average Bonchev–Trinajstić information content (AvgIpc) is 2.77. The van der Waals surface area contributed by atoms with Crippen molar-refractivity contribution in [1.82, 2.24) is 14.8 Å². The second-order valence-electron chi connectivity index (χ2n) is 6.93. The van der Waals surface area contributed by atoms with Gasteiger partial charge < -0.3 is 15.5 Å². The van der Waals surface area contributed by atoms with Crippen LogP contribution in [-0.4, -0.2) is 65.9 Å². The summed E-state index contributed by atoms with van der Waals surface area (Å²) in [5.74, 6) is -0.551. The summed E-state index contributed by atoms with van der Waals surface area (Å²) in [7, 11) is 0. The molecule has 0 spiro atoms. The Labute approximate surface area is 169 Å². The minimum absolute atomic E-state index is 0.0784. The van der Waals surface area contributed by atoms with Gasteiger partial charge in [0.05, 0.1) is 18.8 Å². The molecule has 0 aliphatic carbocycles. The maximum atomic E-state index is 13.4. The zero-order chi connectivity index (χ0) is 20.8. The van der Waals surface area contributed by atoms with Gasteiger partial charge in [0.15, 0.2) is 5.78 Å². The van der Waals surface area contributed by atoms with Crippen molar-refractivity contribution in [2.24, 2.45) is 5.73 Å². The van der Waals surface area contributed by atoms with Gasteiger partial charge in [-0.25, -0.2) is 9.18 Å². The second kappa shape index (κ2) is 9.58. The Bertz CT molecular complexity index is 833. The van der Waals surface area contributed by atoms with Crippen LogP contribution in [0.3, 0.4) is 0 Å². The SMILES string of the molecule is CCN1CCN(C(=O)N(Cc2ccc(C(=O)CN)cn2)c2ccc(F)cc2)CC1. The first-order valence-corrected chi connectivity index (χ1v) is 9.74. The van der Waals surface area contributed by atoms with E-state index < -0.39 is 0 Å². The van der Waals surface area contributed by atoms with Crippen LogP contribution in [0.4, 0.5) is 14.9 Å². The Morgan fingerprint density at radius 2 is 1.79 bits per heavy atom. The third-order valence-electron chi connectivity index (χ3n) is 5.11. The Morgan fingerprint density at radius 3 is 2.34 bits per heavy atom. The van der Waals surface area contributed by atoms with Crippen molar-refractivity contribution < 1.29 is 14.0 Å². The maximum Gasteiger partial charge on any atom is 0.324 e. The predicted molar refractivity (Wildman–Crippen MR) is 109 cm³/mol. The summed E-state index contributed by atoms with van der Waals surface area (Å²) in [5.41, 5.74) is 7.04. The number of benzene rings is 1. The molecule has 0 radical (unpaired) electrons. The molecule has 0 bridgehead atoms. The third-order valence-corrected chi connectivity index (χ3v) is 5.11. The van der Waals surface area contributed by atoms with Gasteiger partial charge >= 0.3 is 6.03 Å². The van der Waals surface area contributed by atoms with E-state index in [0.29, 0.717) is 30.0 Å². The van der Waals surface area contributed by atoms with Crippen molar-refractivity contribution in [3.8, 4) is 0 Å². The number of halogens is 1. The van der Waals surface area contributed by atoms with Crippen molar-refractivity contribution in [2.45, 2.75) is 13.5 Å². The van der Waals surface area contributed by atoms with Crippen LogP contribution < -0.4 is 10.6 Å². The molecule has 2 N–H and O–H groups in total. The molecular weight excluding hydrogens is 373 g/mol. The van der Waals surface area contributed by atoms with Crippen LogP contribution in [0.5, 0.6) is 0 Å². The van der Waals surface area contributed by atoms with Gasteiger partial charge in [-0.15, -0.1) is 0 Å². The lowest BCUT2D eigenvalue weighted by atomic mass is 10.1. The van der Waals surface area contributed by atoms with Gasteiger partial charge in [-0.05, 0) is 42.9 Å². The molecule has 1 aromatic heterocycles. The minimum Gasteiger partial charge on any atom is -0.324 e. The number of hydrogen-bond acceptors (Lipinski definition) is 5. The number of ketones is 1. The minimum atomic E-state index is -0.361. The number of rotatable bonds is 6. The lowest BCUT2D eigenvalue weighted by Crippen LogP contribution is -2.52. The van der Waals surface area contributed by atoms with E-state index in [0.717, 1.165) is 19.6 Å². The Balaban J connectivity index is 1.80. The number of amides is 2. The number of aromatic nitrogens is 1. The highest BCUT2D eigenvalue weighted by Crippen LogP contribution is 2.20. The van der Waals surface area contributed by atoms with Crippen LogP contribution in [0.15, 0.2) is 42.6 Å². The van der Waals surface area contributed by atoms with Crippen LogP contribution in [0, 0.1) is 5.82 Å². The number of Topliss-reactive ketones (excluding diaryl/α,β-unsaturated/α-hetero) is 1. The highest BCUT2D eigenvalue weighted by Gasteiger charge is 2.26. The van der Waals surface area contributed by atoms with E-state index in [9.17, 15) is 14.0 Å². The van der Waals surface area contributed by atoms with Gasteiger partial charge in [-0.1, -0.05) is 6.92 Å². The first kappa shape index (κ1) is 20.9. The molecule has 0 unspecified atom stereocenters. The summed E-state index contributed by atoms with van der Waals surface area (Å²) in [6, 6.07) is 9.06. The third kappa shape index (κ3) is 5.16. The summed E-state index contributed by atoms with van der Waals surface area (Å²) < 4.78 is 13.4. The first-order valence-electron chi connectivity index (χ1n) is 9.74. The molecule has 154 valence electrons. The molecule has 8 heteroatoms. The number of likely N-dealkylation sites (N-methyl/N-ethyl adjacent to an activating group) is 1. The van der Waals surface area contributed by atoms with Gasteiger partial charge in [-0.3, -0.25) is 14.7 Å². The highest BCUT2D eigenvalue weighted by molar-refractivity contribution is 5.97. The number of carbonyl (C=O) groups excluding carboxylic acids is 2. The molecular formula is C21H26FN5O2. The Kier molecular flexibility index (Phi) is 6.90. The number of carbonyl (C=O) groups is 2. The monoisotopic (exact) mass is 399 g/mol. The van der Waals surface area contributed by atoms with Crippen molar-refractivity contribution >= 4 is 17.5 Å². The molecule has 2 aromatic rings. The van der Waals surface area contributed by atoms with Crippen LogP contribution in [0.2, 0.25) is 0 Å². The number of anilines is 1. The smallest absolute Gasteiger partial charge is 0.324 e. The second-order valence-corrected chi connectivity index (χ2v) is 6.93. The van der Waals surface area contributed by atoms with Gasteiger partial charge in [0, 0.05) is 43.6 Å². The number of hydrogen-bond donors (Lipinski definition) is 1. The molecule has 1 aliphatic heterocycles. The van der Waals surface area contributed by atoms with E-state index >= 15 is 0 Å². The fraction of sp³-hybridized carbons (Fsp3) is 0.381. The van der Waals surface area contributed by atoms with Crippen molar-refractivity contribution in [3.63, 3.8) is 0 Å². The van der Waals surface area contributed by atoms with Crippen LogP contribution in [0.1, 0.15) is 23.0 Å². The summed E-state index contributed by atoms with van der Waals surface area (Å²) in [6.07, 6.45) is 1.47. The van der Waals surface area contributed by atoms with E-state index in [1.165, 1.54) is 18.3 Å². The lowest BCUT2D eigenvalue weighted by Gasteiger charge is -2.37. The van der Waals surface area contributed by atoms with Gasteiger partial charge in [-0.2, -0.15) is 0 Å². The Hall–Kier alpha value is -2.84. The molecule has 7 nitrogen and oxygen atoms in total. The summed E-state index contributed by atoms with van der Waals surface area (Å²) in [5, 5.41) is 0. The number of pyridine rings is 1. The Morgan fingerprint density at radius 1 is 1.10 bits per heavy atom. The van der Waals surface area contributed by atoms with Gasteiger partial charge in [0.1, 0.15) is 5.82 Å². The largest absolute Gasteiger partial charge is 0.324 e. The predicted octanol–water partition coefficient (Wildman–Crippen LogP) is 2.13. The fourth-order valence-corrected chi connectivity index (χ4v) is 3.28. The quantitative estimate of drug-likeness (QED) is 0.753. The summed E-state index contributed by atoms with van der Waals surface area (Å²) in [6.45, 7) is 6.14. The molecule has 1 aromatic carbocycles. The molecule has 1 fully saturated rings. The van der Waals surface area contributed by atoms with Crippen LogP contribution in [-0.2, 0) is 6.54 Å². The zero-order valence-corrected chi connectivity index (χ0v) is 16.6. The molecule has 29 heavy (non-hydrogen) atoms. The van der Waals surface area contributed by atoms with E-state index in [1.807, 2.05) is 4.90 Å². The van der Waals surface area contributed by atoms with E-state index in [-0.39, 0.29) is 30.7 Å². The van der Waals surface area contributed by atoms with E-state index in [1.54, 1.807) is 29.2 Å². The van der Waals surface area contributed by atoms with Crippen molar-refractivity contribution in [2.75, 3.05) is 44.2 Å². The topological polar surface area (TPSA) is 82.8 Å². The average molecular weight is 399 g/mol. The number of piperazine rings is 1. The molecule has 2 heterocycles. The van der Waals surface area contributed by atoms with Crippen LogP contribution >= 0.6 is 0 Å². The van der Waals surface area contributed by atoms with Gasteiger partial charge in [0.25, 0.3) is 0 Å². The van der Waals surface area contributed by atoms with E-state index in [2.05, 4.69) is 16.8 Å². The molecule has 0 saturated carbocycles. The molecule has 3 rings (SSSR count). The number of urea groups is 1. The highest BCUT2D eigenvalue weighted by atomic mass is 19.1. The first-order chi connectivity index (χ1) is 14.0. The number of nitrogens with two attached hydrogens (primary N) is 1. The number of nitrogens with zero attached hydrogens (tertiary/aromatic N) is 4. The molecule has 0 atom stereocenters. The molecule has 1 aliphatic rings.